The summed E-state index contributed by atoms with van der Waals surface area (Å²) in [7, 11) is -1.36. The molecule has 1 saturated carbocycles. The molecule has 2 aliphatic carbocycles. The standard InChI is InChI=1S/C20H30Si/c1-16-9-8-14-20(2)18(16)12-13-19(20)21(3,4)15-17-10-6-5-7-11-17/h5-7,10-11,13,16,18H,8-9,12,14-15H2,1-4H3/t16-,18+,20+/m1/s1. The van der Waals surface area contributed by atoms with Crippen molar-refractivity contribution in [3.8, 4) is 0 Å². The summed E-state index contributed by atoms with van der Waals surface area (Å²) < 4.78 is 0. The normalized spacial score (nSPS) is 32.7. The lowest BCUT2D eigenvalue weighted by atomic mass is 9.65. The second kappa shape index (κ2) is 5.42. The maximum Gasteiger partial charge on any atom is 0.0800 e. The van der Waals surface area contributed by atoms with Crippen molar-refractivity contribution < 1.29 is 0 Å². The third-order valence-electron chi connectivity index (χ3n) is 6.27. The SMILES string of the molecule is C[C@@H]1CCC[C@]2(C)C([Si](C)(C)Cc3ccccc3)=CC[C@@H]12. The lowest BCUT2D eigenvalue weighted by Gasteiger charge is -2.46. The van der Waals surface area contributed by atoms with Crippen molar-refractivity contribution in [1.29, 1.82) is 0 Å². The van der Waals surface area contributed by atoms with E-state index in [1.54, 1.807) is 0 Å². The first-order chi connectivity index (χ1) is 9.93. The molecule has 0 nitrogen and oxygen atoms in total. The number of hydrogen-bond acceptors (Lipinski definition) is 0. The molecule has 2 aliphatic rings. The smallest absolute Gasteiger partial charge is 0.0800 e. The van der Waals surface area contributed by atoms with Gasteiger partial charge in [-0.05, 0) is 36.1 Å². The first kappa shape index (κ1) is 15.1. The summed E-state index contributed by atoms with van der Waals surface area (Å²) in [6.07, 6.45) is 8.32. The number of fused-ring (bicyclic) bond motifs is 1. The molecule has 0 aliphatic heterocycles. The van der Waals surface area contributed by atoms with Gasteiger partial charge in [0.05, 0.1) is 8.07 Å². The monoisotopic (exact) mass is 298 g/mol. The fourth-order valence-electron chi connectivity index (χ4n) is 5.36. The Morgan fingerprint density at radius 1 is 1.19 bits per heavy atom. The van der Waals surface area contributed by atoms with Gasteiger partial charge in [-0.2, -0.15) is 0 Å². The van der Waals surface area contributed by atoms with Crippen LogP contribution in [0.4, 0.5) is 0 Å². The highest BCUT2D eigenvalue weighted by atomic mass is 28.3. The average Bonchev–Trinajstić information content (AvgIpc) is 2.79. The number of rotatable bonds is 3. The van der Waals surface area contributed by atoms with E-state index in [-0.39, 0.29) is 0 Å². The van der Waals surface area contributed by atoms with Crippen molar-refractivity contribution in [2.24, 2.45) is 17.3 Å². The molecule has 1 heteroatoms. The first-order valence-electron chi connectivity index (χ1n) is 8.68. The van der Waals surface area contributed by atoms with E-state index in [4.69, 9.17) is 0 Å². The van der Waals surface area contributed by atoms with Crippen LogP contribution in [-0.4, -0.2) is 8.07 Å². The molecule has 3 atom stereocenters. The second-order valence-electron chi connectivity index (χ2n) is 8.29. The molecule has 0 radical (unpaired) electrons. The van der Waals surface area contributed by atoms with Crippen molar-refractivity contribution in [1.82, 2.24) is 0 Å². The highest BCUT2D eigenvalue weighted by Gasteiger charge is 2.50. The molecule has 0 aromatic heterocycles. The molecule has 1 fully saturated rings. The first-order valence-corrected chi connectivity index (χ1v) is 11.9. The summed E-state index contributed by atoms with van der Waals surface area (Å²) in [5.41, 5.74) is 2.05. The van der Waals surface area contributed by atoms with Crippen LogP contribution in [0.5, 0.6) is 0 Å². The molecule has 0 unspecified atom stereocenters. The molecular formula is C20H30Si. The van der Waals surface area contributed by atoms with Crippen LogP contribution in [0.3, 0.4) is 0 Å². The topological polar surface area (TPSA) is 0 Å². The molecule has 0 heterocycles. The fourth-order valence-corrected chi connectivity index (χ4v) is 9.33. The van der Waals surface area contributed by atoms with E-state index >= 15 is 0 Å². The third-order valence-corrected chi connectivity index (χ3v) is 9.80. The lowest BCUT2D eigenvalue weighted by Crippen LogP contribution is -2.44. The Morgan fingerprint density at radius 3 is 2.62 bits per heavy atom. The van der Waals surface area contributed by atoms with Gasteiger partial charge in [-0.1, -0.05) is 87.0 Å². The fraction of sp³-hybridized carbons (Fsp3) is 0.600. The predicted octanol–water partition coefficient (Wildman–Crippen LogP) is 5.79. The maximum absolute atomic E-state index is 2.67. The van der Waals surface area contributed by atoms with Crippen LogP contribution in [0, 0.1) is 17.3 Å². The van der Waals surface area contributed by atoms with Gasteiger partial charge in [-0.3, -0.25) is 0 Å². The number of hydrogen-bond donors (Lipinski definition) is 0. The molecule has 1 aromatic carbocycles. The molecule has 114 valence electrons. The van der Waals surface area contributed by atoms with Crippen LogP contribution in [0.2, 0.25) is 13.1 Å². The number of benzene rings is 1. The molecule has 0 N–H and O–H groups in total. The van der Waals surface area contributed by atoms with Gasteiger partial charge >= 0.3 is 0 Å². The van der Waals surface area contributed by atoms with Gasteiger partial charge in [0.2, 0.25) is 0 Å². The molecule has 21 heavy (non-hydrogen) atoms. The minimum Gasteiger partial charge on any atom is -0.0883 e. The van der Waals surface area contributed by atoms with Crippen molar-refractivity contribution in [3.05, 3.63) is 47.2 Å². The summed E-state index contributed by atoms with van der Waals surface area (Å²) in [6.45, 7) is 10.3. The Kier molecular flexibility index (Phi) is 3.90. The summed E-state index contributed by atoms with van der Waals surface area (Å²) in [5.74, 6) is 1.84. The Balaban J connectivity index is 1.85. The highest BCUT2D eigenvalue weighted by Crippen LogP contribution is 2.57. The zero-order valence-corrected chi connectivity index (χ0v) is 15.2. The van der Waals surface area contributed by atoms with Crippen LogP contribution in [-0.2, 0) is 6.04 Å². The number of allylic oxidation sites excluding steroid dienone is 2. The van der Waals surface area contributed by atoms with E-state index in [1.165, 1.54) is 37.3 Å². The van der Waals surface area contributed by atoms with E-state index < -0.39 is 8.07 Å². The van der Waals surface area contributed by atoms with Gasteiger partial charge in [0.25, 0.3) is 0 Å². The average molecular weight is 299 g/mol. The van der Waals surface area contributed by atoms with Crippen molar-refractivity contribution in [2.75, 3.05) is 0 Å². The van der Waals surface area contributed by atoms with Crippen LogP contribution in [0.25, 0.3) is 0 Å². The van der Waals surface area contributed by atoms with E-state index in [1.807, 2.05) is 5.20 Å². The molecule has 0 saturated heterocycles. The second-order valence-corrected chi connectivity index (χ2v) is 13.0. The van der Waals surface area contributed by atoms with Crippen molar-refractivity contribution in [3.63, 3.8) is 0 Å². The zero-order chi connectivity index (χ0) is 15.1. The van der Waals surface area contributed by atoms with Crippen molar-refractivity contribution >= 4 is 8.07 Å². The molecule has 0 spiro atoms. The summed E-state index contributed by atoms with van der Waals surface area (Å²) in [5, 5.41) is 1.88. The van der Waals surface area contributed by atoms with Crippen LogP contribution in [0.1, 0.15) is 45.1 Å². The Morgan fingerprint density at radius 2 is 1.90 bits per heavy atom. The summed E-state index contributed by atoms with van der Waals surface area (Å²) in [6, 6.07) is 12.4. The highest BCUT2D eigenvalue weighted by molar-refractivity contribution is 6.84. The van der Waals surface area contributed by atoms with Crippen LogP contribution >= 0.6 is 0 Å². The Bertz CT molecular complexity index is 528. The van der Waals surface area contributed by atoms with Crippen LogP contribution < -0.4 is 0 Å². The maximum atomic E-state index is 2.67. The van der Waals surface area contributed by atoms with Crippen molar-refractivity contribution in [2.45, 2.75) is 58.7 Å². The molecule has 3 rings (SSSR count). The van der Waals surface area contributed by atoms with Gasteiger partial charge in [-0.15, -0.1) is 0 Å². The van der Waals surface area contributed by atoms with E-state index in [0.29, 0.717) is 5.41 Å². The third kappa shape index (κ3) is 2.65. The largest absolute Gasteiger partial charge is 0.0883 e. The zero-order valence-electron chi connectivity index (χ0n) is 14.2. The van der Waals surface area contributed by atoms with Crippen LogP contribution in [0.15, 0.2) is 41.6 Å². The minimum atomic E-state index is -1.36. The minimum absolute atomic E-state index is 0.516. The van der Waals surface area contributed by atoms with Gasteiger partial charge in [0.1, 0.15) is 0 Å². The molecule has 1 aromatic rings. The predicted molar refractivity (Wildman–Crippen MR) is 94.9 cm³/mol. The van der Waals surface area contributed by atoms with E-state index in [0.717, 1.165) is 11.8 Å². The molecule has 0 bridgehead atoms. The summed E-state index contributed by atoms with van der Waals surface area (Å²) in [4.78, 5) is 0. The molecule has 0 amide bonds. The quantitative estimate of drug-likeness (QED) is 0.620. The lowest BCUT2D eigenvalue weighted by molar-refractivity contribution is 0.124. The van der Waals surface area contributed by atoms with E-state index in [9.17, 15) is 0 Å². The summed E-state index contributed by atoms with van der Waals surface area (Å²) >= 11 is 0. The molecular weight excluding hydrogens is 268 g/mol. The Labute approximate surface area is 131 Å². The van der Waals surface area contributed by atoms with Gasteiger partial charge in [0, 0.05) is 0 Å². The Hall–Kier alpha value is -0.823. The van der Waals surface area contributed by atoms with Gasteiger partial charge < -0.3 is 0 Å². The van der Waals surface area contributed by atoms with E-state index in [2.05, 4.69) is 63.3 Å². The van der Waals surface area contributed by atoms with Gasteiger partial charge in [-0.25, -0.2) is 0 Å². The van der Waals surface area contributed by atoms with Gasteiger partial charge in [0.15, 0.2) is 0 Å².